The molecule has 4 aromatic rings. The monoisotopic (exact) mass is 637 g/mol. The molecule has 0 aliphatic carbocycles. The smallest absolute Gasteiger partial charge is 0.268 e. The van der Waals surface area contributed by atoms with Crippen molar-refractivity contribution in [2.45, 2.75) is 50.2 Å². The number of guanidine groups is 1. The number of fused-ring (bicyclic) bond motifs is 1. The first-order valence-corrected chi connectivity index (χ1v) is 15.9. The van der Waals surface area contributed by atoms with E-state index in [0.29, 0.717) is 19.4 Å². The standard InChI is InChI=1S/C36H43N7O4/c37-35(38)42-36(22-11-25-43(46)47,34(45)40-24-21-30-19-9-18-29-17-7-8-20-31(29)30)41-33(44)32(26-28-14-5-2-6-15-28)39-23-10-16-27-12-3-1-4-13-27/h1-9,12-15,17-20,32,39H,10-11,16,21-26H2,(H,40,45)(H,41,44)(H4,37,38,42)/t32-,36-/m1/s1. The van der Waals surface area contributed by atoms with E-state index in [9.17, 15) is 19.7 Å². The maximum Gasteiger partial charge on any atom is 0.268 e. The van der Waals surface area contributed by atoms with Crippen LogP contribution in [-0.4, -0.2) is 54.0 Å². The lowest BCUT2D eigenvalue weighted by Crippen LogP contribution is -2.62. The highest BCUT2D eigenvalue weighted by Crippen LogP contribution is 2.20. The van der Waals surface area contributed by atoms with Crippen molar-refractivity contribution in [3.63, 3.8) is 0 Å². The van der Waals surface area contributed by atoms with Crippen molar-refractivity contribution in [3.05, 3.63) is 130 Å². The molecule has 0 bridgehead atoms. The third kappa shape index (κ3) is 10.6. The Hall–Kier alpha value is -5.29. The topological polar surface area (TPSA) is 178 Å². The van der Waals surface area contributed by atoms with Crippen molar-refractivity contribution in [1.29, 1.82) is 0 Å². The van der Waals surface area contributed by atoms with Gasteiger partial charge in [0.05, 0.1) is 6.04 Å². The van der Waals surface area contributed by atoms with Crippen LogP contribution in [-0.2, 0) is 28.9 Å². The van der Waals surface area contributed by atoms with Crippen LogP contribution >= 0.6 is 0 Å². The lowest BCUT2D eigenvalue weighted by Gasteiger charge is -2.31. The van der Waals surface area contributed by atoms with Gasteiger partial charge in [0.25, 0.3) is 5.91 Å². The van der Waals surface area contributed by atoms with Crippen molar-refractivity contribution >= 4 is 28.5 Å². The van der Waals surface area contributed by atoms with Crippen molar-refractivity contribution in [2.24, 2.45) is 16.5 Å². The molecule has 0 aliphatic rings. The van der Waals surface area contributed by atoms with Gasteiger partial charge < -0.3 is 27.4 Å². The zero-order chi connectivity index (χ0) is 33.5. The maximum absolute atomic E-state index is 14.0. The van der Waals surface area contributed by atoms with Gasteiger partial charge in [0.2, 0.25) is 18.1 Å². The molecule has 0 radical (unpaired) electrons. The Balaban J connectivity index is 1.53. The lowest BCUT2D eigenvalue weighted by molar-refractivity contribution is -0.480. The van der Waals surface area contributed by atoms with Gasteiger partial charge in [0, 0.05) is 24.3 Å². The third-order valence-corrected chi connectivity index (χ3v) is 7.94. The zero-order valence-electron chi connectivity index (χ0n) is 26.4. The van der Waals surface area contributed by atoms with Gasteiger partial charge in [-0.25, -0.2) is 4.99 Å². The quantitative estimate of drug-likeness (QED) is 0.0364. The number of carbonyl (C=O) groups excluding carboxylic acids is 2. The molecule has 7 N–H and O–H groups in total. The van der Waals surface area contributed by atoms with E-state index >= 15 is 0 Å². The summed E-state index contributed by atoms with van der Waals surface area (Å²) in [7, 11) is 0. The summed E-state index contributed by atoms with van der Waals surface area (Å²) < 4.78 is 0. The van der Waals surface area contributed by atoms with E-state index in [1.54, 1.807) is 0 Å². The van der Waals surface area contributed by atoms with E-state index in [4.69, 9.17) is 11.5 Å². The second-order valence-corrected chi connectivity index (χ2v) is 11.5. The Kier molecular flexibility index (Phi) is 12.8. The maximum atomic E-state index is 14.0. The number of nitro groups is 1. The van der Waals surface area contributed by atoms with E-state index in [2.05, 4.69) is 33.1 Å². The fraction of sp³-hybridized carbons (Fsp3) is 0.306. The second kappa shape index (κ2) is 17.4. The molecule has 0 heterocycles. The van der Waals surface area contributed by atoms with E-state index in [0.717, 1.165) is 34.7 Å². The predicted octanol–water partition coefficient (Wildman–Crippen LogP) is 3.48. The van der Waals surface area contributed by atoms with Crippen molar-refractivity contribution in [1.82, 2.24) is 16.0 Å². The van der Waals surface area contributed by atoms with Crippen LogP contribution in [0.4, 0.5) is 0 Å². The van der Waals surface area contributed by atoms with Crippen molar-refractivity contribution < 1.29 is 14.5 Å². The highest BCUT2D eigenvalue weighted by molar-refractivity contribution is 5.95. The Labute approximate surface area is 275 Å². The summed E-state index contributed by atoms with van der Waals surface area (Å²) in [5, 5.41) is 22.4. The number of carbonyl (C=O) groups is 2. The molecule has 2 atom stereocenters. The lowest BCUT2D eigenvalue weighted by atomic mass is 9.99. The SMILES string of the molecule is NC(N)=N[C@@](CCC[N+](=O)[O-])(NC(=O)[C@@H](Cc1ccccc1)NCCCc1ccccc1)C(=O)NCCc1cccc2ccccc12. The van der Waals surface area contributed by atoms with Crippen molar-refractivity contribution in [3.8, 4) is 0 Å². The van der Waals surface area contributed by atoms with Gasteiger partial charge >= 0.3 is 0 Å². The first kappa shape index (κ1) is 34.6. The normalized spacial score (nSPS) is 12.9. The summed E-state index contributed by atoms with van der Waals surface area (Å²) in [6.07, 6.45) is 2.23. The highest BCUT2D eigenvalue weighted by atomic mass is 16.6. The first-order chi connectivity index (χ1) is 22.8. The van der Waals surface area contributed by atoms with Crippen LogP contribution in [0.1, 0.15) is 36.0 Å². The van der Waals surface area contributed by atoms with E-state index in [1.165, 1.54) is 5.56 Å². The Morgan fingerprint density at radius 1 is 0.809 bits per heavy atom. The van der Waals surface area contributed by atoms with Crippen molar-refractivity contribution in [2.75, 3.05) is 19.6 Å². The molecular weight excluding hydrogens is 594 g/mol. The number of hydrogen-bond donors (Lipinski definition) is 5. The Bertz CT molecular complexity index is 1640. The molecule has 2 amide bonds. The number of amides is 2. The van der Waals surface area contributed by atoms with Gasteiger partial charge in [-0.15, -0.1) is 0 Å². The molecular formula is C36H43N7O4. The molecule has 0 saturated heterocycles. The highest BCUT2D eigenvalue weighted by Gasteiger charge is 2.41. The minimum Gasteiger partial charge on any atom is -0.370 e. The zero-order valence-corrected chi connectivity index (χ0v) is 26.4. The summed E-state index contributed by atoms with van der Waals surface area (Å²) >= 11 is 0. The number of rotatable bonds is 18. The molecule has 11 heteroatoms. The van der Waals surface area contributed by atoms with Gasteiger partial charge in [-0.1, -0.05) is 103 Å². The number of nitrogens with two attached hydrogens (primary N) is 2. The third-order valence-electron chi connectivity index (χ3n) is 7.94. The van der Waals surface area contributed by atoms with Crippen LogP contribution in [0.15, 0.2) is 108 Å². The van der Waals surface area contributed by atoms with Gasteiger partial charge in [-0.3, -0.25) is 19.7 Å². The molecule has 0 spiro atoms. The predicted molar refractivity (Wildman–Crippen MR) is 185 cm³/mol. The van der Waals surface area contributed by atoms with Crippen LogP contribution in [0.3, 0.4) is 0 Å². The molecule has 11 nitrogen and oxygen atoms in total. The fourth-order valence-electron chi connectivity index (χ4n) is 5.63. The Morgan fingerprint density at radius 3 is 2.17 bits per heavy atom. The number of nitrogens with one attached hydrogen (secondary N) is 3. The van der Waals surface area contributed by atoms with Gasteiger partial charge in [-0.2, -0.15) is 0 Å². The molecule has 4 rings (SSSR count). The molecule has 0 unspecified atom stereocenters. The molecule has 4 aromatic carbocycles. The van der Waals surface area contributed by atoms with Crippen LogP contribution in [0.5, 0.6) is 0 Å². The number of hydrogen-bond acceptors (Lipinski definition) is 6. The largest absolute Gasteiger partial charge is 0.370 e. The average Bonchev–Trinajstić information content (AvgIpc) is 3.06. The van der Waals surface area contributed by atoms with Gasteiger partial charge in [0.1, 0.15) is 0 Å². The molecule has 246 valence electrons. The summed E-state index contributed by atoms with van der Waals surface area (Å²) in [6.45, 7) is 0.338. The first-order valence-electron chi connectivity index (χ1n) is 15.9. The minimum absolute atomic E-state index is 0.0470. The average molecular weight is 638 g/mol. The molecule has 0 aliphatic heterocycles. The van der Waals surface area contributed by atoms with Crippen LogP contribution in [0, 0.1) is 10.1 Å². The number of nitrogens with zero attached hydrogens (tertiary/aromatic N) is 2. The van der Waals surface area contributed by atoms with Crippen LogP contribution in [0.25, 0.3) is 10.8 Å². The summed E-state index contributed by atoms with van der Waals surface area (Å²) in [6, 6.07) is 32.8. The van der Waals surface area contributed by atoms with E-state index in [-0.39, 0.29) is 19.4 Å². The fourth-order valence-corrected chi connectivity index (χ4v) is 5.63. The second-order valence-electron chi connectivity index (χ2n) is 11.5. The summed E-state index contributed by atoms with van der Waals surface area (Å²) in [5.41, 5.74) is 12.8. The van der Waals surface area contributed by atoms with Gasteiger partial charge in [0.15, 0.2) is 5.96 Å². The molecule has 0 fully saturated rings. The molecule has 0 aromatic heterocycles. The number of aryl methyl sites for hydroxylation is 1. The van der Waals surface area contributed by atoms with Crippen LogP contribution < -0.4 is 27.4 Å². The van der Waals surface area contributed by atoms with Crippen LogP contribution in [0.2, 0.25) is 0 Å². The molecule has 47 heavy (non-hydrogen) atoms. The Morgan fingerprint density at radius 2 is 1.47 bits per heavy atom. The van der Waals surface area contributed by atoms with E-state index in [1.807, 2.05) is 91.0 Å². The number of aliphatic imine (C=N–C) groups is 1. The minimum atomic E-state index is -1.95. The van der Waals surface area contributed by atoms with E-state index < -0.39 is 40.9 Å². The summed E-state index contributed by atoms with van der Waals surface area (Å²) in [5.74, 6) is -1.57. The number of benzene rings is 4. The molecule has 0 saturated carbocycles. The summed E-state index contributed by atoms with van der Waals surface area (Å²) in [4.78, 5) is 42.9. The van der Waals surface area contributed by atoms with Gasteiger partial charge in [-0.05, 0) is 59.7 Å².